The van der Waals surface area contributed by atoms with Crippen molar-refractivity contribution in [2.45, 2.75) is 19.8 Å². The molecule has 8 heteroatoms. The lowest BCUT2D eigenvalue weighted by Crippen LogP contribution is -2.19. The van der Waals surface area contributed by atoms with E-state index in [1.165, 1.54) is 0 Å². The molecule has 0 radical (unpaired) electrons. The second-order valence-electron chi connectivity index (χ2n) is 9.61. The predicted octanol–water partition coefficient (Wildman–Crippen LogP) is 6.87. The van der Waals surface area contributed by atoms with Crippen molar-refractivity contribution in [3.63, 3.8) is 0 Å². The lowest BCUT2D eigenvalue weighted by atomic mass is 9.86. The van der Waals surface area contributed by atoms with Crippen LogP contribution in [0.1, 0.15) is 33.9 Å². The number of H-pyrrole nitrogens is 4. The number of aromatic amines is 4. The number of aromatic nitrogens is 4. The number of hydrogen-bond donors (Lipinski definition) is 4. The summed E-state index contributed by atoms with van der Waals surface area (Å²) in [6.45, 7) is 4.01. The lowest BCUT2D eigenvalue weighted by Gasteiger charge is -2.15. The topological polar surface area (TPSA) is 110 Å². The molecule has 6 aromatic rings. The maximum atomic E-state index is 13.5. The fraction of sp³-hybridized carbons (Fsp3) is 0.0968. The van der Waals surface area contributed by atoms with Gasteiger partial charge in [-0.05, 0) is 49.2 Å². The summed E-state index contributed by atoms with van der Waals surface area (Å²) in [4.78, 5) is 26.9. The maximum absolute atomic E-state index is 13.5. The van der Waals surface area contributed by atoms with Crippen LogP contribution in [0.4, 0.5) is 0 Å². The van der Waals surface area contributed by atoms with Gasteiger partial charge in [-0.3, -0.25) is 30.0 Å². The third kappa shape index (κ3) is 4.64. The van der Waals surface area contributed by atoms with Gasteiger partial charge in [0.15, 0.2) is 0 Å². The Labute approximate surface area is 232 Å². The molecule has 194 valence electrons. The fourth-order valence-electron chi connectivity index (χ4n) is 4.89. The van der Waals surface area contributed by atoms with Crippen molar-refractivity contribution in [2.24, 2.45) is 0 Å². The molecule has 0 atom stereocenters. The van der Waals surface area contributed by atoms with E-state index in [-0.39, 0.29) is 11.1 Å². The van der Waals surface area contributed by atoms with Gasteiger partial charge >= 0.3 is 0 Å². The molecule has 7 nitrogen and oxygen atoms in total. The van der Waals surface area contributed by atoms with E-state index in [1.807, 2.05) is 98.8 Å². The van der Waals surface area contributed by atoms with Crippen LogP contribution >= 0.6 is 15.9 Å². The average molecular weight is 581 g/mol. The number of benzene rings is 3. The monoisotopic (exact) mass is 580 g/mol. The molecule has 0 bridgehead atoms. The molecule has 3 aromatic heterocycles. The van der Waals surface area contributed by atoms with Gasteiger partial charge in [-0.1, -0.05) is 87.7 Å². The standard InChI is InChI=1S/C31H25BrN4O3/c1-17-3-7-20(8-4-17)28-26(30(37)35-33-28)25(24-16-15-23(39-24)19-11-13-22(32)14-12-19)27-29(34-36-31(27)38)21-9-5-18(2)6-10-21/h3-16,25H,1-2H3,(H2,33,35,37)(H2,34,36,38). The molecule has 0 aliphatic carbocycles. The zero-order valence-electron chi connectivity index (χ0n) is 21.3. The van der Waals surface area contributed by atoms with Crippen LogP contribution in [0, 0.1) is 13.8 Å². The smallest absolute Gasteiger partial charge is 0.268 e. The van der Waals surface area contributed by atoms with Gasteiger partial charge in [-0.15, -0.1) is 0 Å². The quantitative estimate of drug-likeness (QED) is 0.172. The molecule has 0 aliphatic heterocycles. The van der Waals surface area contributed by atoms with Crippen molar-refractivity contribution in [3.8, 4) is 33.8 Å². The van der Waals surface area contributed by atoms with Gasteiger partial charge in [0.1, 0.15) is 11.5 Å². The number of nitrogens with one attached hydrogen (secondary N) is 4. The molecule has 0 unspecified atom stereocenters. The summed E-state index contributed by atoms with van der Waals surface area (Å²) < 4.78 is 7.36. The van der Waals surface area contributed by atoms with Crippen LogP contribution in [0.25, 0.3) is 33.8 Å². The molecular formula is C31H25BrN4O3. The van der Waals surface area contributed by atoms with E-state index >= 15 is 0 Å². The Kier molecular flexibility index (Phi) is 6.32. The number of halogens is 1. The van der Waals surface area contributed by atoms with Gasteiger partial charge in [0, 0.05) is 10.0 Å². The van der Waals surface area contributed by atoms with E-state index in [2.05, 4.69) is 36.3 Å². The normalized spacial score (nSPS) is 11.4. The summed E-state index contributed by atoms with van der Waals surface area (Å²) in [7, 11) is 0. The highest BCUT2D eigenvalue weighted by Crippen LogP contribution is 2.39. The fourth-order valence-corrected chi connectivity index (χ4v) is 5.15. The molecule has 0 amide bonds. The summed E-state index contributed by atoms with van der Waals surface area (Å²) >= 11 is 3.47. The number of furan rings is 1. The minimum absolute atomic E-state index is 0.326. The largest absolute Gasteiger partial charge is 0.460 e. The molecule has 0 saturated carbocycles. The van der Waals surface area contributed by atoms with Crippen LogP contribution in [0.3, 0.4) is 0 Å². The minimum atomic E-state index is -0.799. The second kappa shape index (κ2) is 9.96. The Morgan fingerprint density at radius 2 is 1.05 bits per heavy atom. The first-order valence-corrected chi connectivity index (χ1v) is 13.3. The molecule has 0 spiro atoms. The molecule has 3 aromatic carbocycles. The van der Waals surface area contributed by atoms with Crippen molar-refractivity contribution in [3.05, 3.63) is 138 Å². The van der Waals surface area contributed by atoms with Gasteiger partial charge in [0.25, 0.3) is 11.1 Å². The first-order chi connectivity index (χ1) is 18.9. The number of hydrogen-bond acceptors (Lipinski definition) is 3. The highest BCUT2D eigenvalue weighted by Gasteiger charge is 2.33. The van der Waals surface area contributed by atoms with Crippen LogP contribution < -0.4 is 11.1 Å². The van der Waals surface area contributed by atoms with Crippen molar-refractivity contribution in [2.75, 3.05) is 0 Å². The van der Waals surface area contributed by atoms with Crippen molar-refractivity contribution in [1.82, 2.24) is 20.4 Å². The summed E-state index contributed by atoms with van der Waals surface area (Å²) in [5.41, 5.74) is 6.07. The van der Waals surface area contributed by atoms with Gasteiger partial charge < -0.3 is 4.42 Å². The third-order valence-corrected chi connectivity index (χ3v) is 7.46. The molecule has 0 aliphatic rings. The Morgan fingerprint density at radius 3 is 1.54 bits per heavy atom. The van der Waals surface area contributed by atoms with Crippen molar-refractivity contribution < 1.29 is 4.42 Å². The van der Waals surface area contributed by atoms with E-state index in [4.69, 9.17) is 4.42 Å². The molecule has 4 N–H and O–H groups in total. The molecule has 0 saturated heterocycles. The highest BCUT2D eigenvalue weighted by atomic mass is 79.9. The van der Waals surface area contributed by atoms with E-state index in [1.54, 1.807) is 0 Å². The maximum Gasteiger partial charge on any atom is 0.268 e. The van der Waals surface area contributed by atoms with Crippen LogP contribution in [-0.4, -0.2) is 20.4 Å². The number of rotatable bonds is 6. The lowest BCUT2D eigenvalue weighted by molar-refractivity contribution is 0.515. The number of aryl methyl sites for hydroxylation is 2. The van der Waals surface area contributed by atoms with Crippen LogP contribution in [0.5, 0.6) is 0 Å². The van der Waals surface area contributed by atoms with Crippen molar-refractivity contribution in [1.29, 1.82) is 0 Å². The zero-order valence-corrected chi connectivity index (χ0v) is 22.8. The first-order valence-electron chi connectivity index (χ1n) is 12.5. The first kappa shape index (κ1) is 24.8. The third-order valence-electron chi connectivity index (χ3n) is 6.93. The molecule has 0 fully saturated rings. The Balaban J connectivity index is 1.59. The molecule has 39 heavy (non-hydrogen) atoms. The summed E-state index contributed by atoms with van der Waals surface area (Å²) in [6.07, 6.45) is 0. The second-order valence-corrected chi connectivity index (χ2v) is 10.5. The van der Waals surface area contributed by atoms with E-state index in [0.29, 0.717) is 34.0 Å². The Morgan fingerprint density at radius 1 is 0.590 bits per heavy atom. The highest BCUT2D eigenvalue weighted by molar-refractivity contribution is 9.10. The molecule has 6 rings (SSSR count). The minimum Gasteiger partial charge on any atom is -0.460 e. The van der Waals surface area contributed by atoms with Crippen LogP contribution in [-0.2, 0) is 0 Å². The van der Waals surface area contributed by atoms with Gasteiger partial charge in [0.05, 0.1) is 28.4 Å². The van der Waals surface area contributed by atoms with E-state index in [9.17, 15) is 9.59 Å². The Bertz CT molecular complexity index is 1770. The summed E-state index contributed by atoms with van der Waals surface area (Å²) in [6, 6.07) is 27.2. The summed E-state index contributed by atoms with van der Waals surface area (Å²) in [5, 5.41) is 11.6. The molecular weight excluding hydrogens is 556 g/mol. The molecule has 3 heterocycles. The van der Waals surface area contributed by atoms with E-state index in [0.717, 1.165) is 32.3 Å². The average Bonchev–Trinajstić information content (AvgIpc) is 3.67. The van der Waals surface area contributed by atoms with Gasteiger partial charge in [-0.2, -0.15) is 0 Å². The van der Waals surface area contributed by atoms with Gasteiger partial charge in [-0.25, -0.2) is 0 Å². The van der Waals surface area contributed by atoms with Crippen LogP contribution in [0.15, 0.2) is 103 Å². The zero-order chi connectivity index (χ0) is 27.1. The van der Waals surface area contributed by atoms with Gasteiger partial charge in [0.2, 0.25) is 0 Å². The predicted molar refractivity (Wildman–Crippen MR) is 156 cm³/mol. The van der Waals surface area contributed by atoms with Crippen LogP contribution in [0.2, 0.25) is 0 Å². The SMILES string of the molecule is Cc1ccc(-c2[nH][nH]c(=O)c2C(c2ccc(-c3ccc(Br)cc3)o2)c2c(-c3ccc(C)cc3)[nH][nH]c2=O)cc1. The summed E-state index contributed by atoms with van der Waals surface area (Å²) in [5.74, 6) is 0.312. The Hall–Kier alpha value is -4.56. The van der Waals surface area contributed by atoms with E-state index < -0.39 is 5.92 Å². The van der Waals surface area contributed by atoms with Crippen molar-refractivity contribution >= 4 is 15.9 Å².